The molecule has 1 aliphatic heterocycles. The first-order valence-corrected chi connectivity index (χ1v) is 8.40. The summed E-state index contributed by atoms with van der Waals surface area (Å²) in [4.78, 5) is 31.1. The molecular weight excluding hydrogens is 361 g/mol. The van der Waals surface area contributed by atoms with Crippen LogP contribution in [0.25, 0.3) is 0 Å². The van der Waals surface area contributed by atoms with E-state index in [0.29, 0.717) is 18.8 Å². The highest BCUT2D eigenvalue weighted by atomic mass is 35.5. The van der Waals surface area contributed by atoms with E-state index in [1.54, 1.807) is 18.0 Å². The number of nitrogens with zero attached hydrogens (tertiary/aromatic N) is 3. The smallest absolute Gasteiger partial charge is 0.251 e. The highest BCUT2D eigenvalue weighted by molar-refractivity contribution is 6.62. The summed E-state index contributed by atoms with van der Waals surface area (Å²) >= 11 is 18.1. The minimum Gasteiger partial charge on any atom is -0.332 e. The number of halogens is 3. The van der Waals surface area contributed by atoms with Crippen LogP contribution in [0.15, 0.2) is 18.2 Å². The third-order valence-electron chi connectivity index (χ3n) is 4.37. The van der Waals surface area contributed by atoms with Crippen LogP contribution in [0.3, 0.4) is 0 Å². The second-order valence-electron chi connectivity index (χ2n) is 6.03. The van der Waals surface area contributed by atoms with E-state index >= 15 is 0 Å². The second kappa shape index (κ2) is 5.50. The van der Waals surface area contributed by atoms with E-state index in [0.717, 1.165) is 5.69 Å². The van der Waals surface area contributed by atoms with Crippen LogP contribution in [-0.2, 0) is 9.59 Å². The van der Waals surface area contributed by atoms with E-state index in [-0.39, 0.29) is 12.3 Å². The molecule has 2 atom stereocenters. The zero-order valence-electron chi connectivity index (χ0n) is 12.7. The molecule has 8 heteroatoms. The van der Waals surface area contributed by atoms with Crippen molar-refractivity contribution in [3.8, 4) is 0 Å². The van der Waals surface area contributed by atoms with Gasteiger partial charge in [-0.05, 0) is 25.5 Å². The summed E-state index contributed by atoms with van der Waals surface area (Å²) in [6.07, 6.45) is 0.694. The average molecular weight is 377 g/mol. The van der Waals surface area contributed by atoms with Gasteiger partial charge < -0.3 is 4.90 Å². The van der Waals surface area contributed by atoms with Crippen molar-refractivity contribution in [2.45, 2.75) is 35.0 Å². The van der Waals surface area contributed by atoms with Crippen LogP contribution >= 0.6 is 34.8 Å². The molecule has 2 aliphatic rings. The van der Waals surface area contributed by atoms with Gasteiger partial charge >= 0.3 is 0 Å². The lowest BCUT2D eigenvalue weighted by Gasteiger charge is -2.26. The normalized spacial score (nSPS) is 28.8. The number of aromatic nitrogens is 1. The Kier molecular flexibility index (Phi) is 4.02. The summed E-state index contributed by atoms with van der Waals surface area (Å²) in [6, 6.07) is 4.91. The van der Waals surface area contributed by atoms with Gasteiger partial charge in [0.2, 0.25) is 5.91 Å². The molecule has 23 heavy (non-hydrogen) atoms. The van der Waals surface area contributed by atoms with Crippen LogP contribution in [0, 0.1) is 6.92 Å². The number of hydrogen-bond acceptors (Lipinski definition) is 3. The predicted molar refractivity (Wildman–Crippen MR) is 90.1 cm³/mol. The maximum absolute atomic E-state index is 12.7. The Morgan fingerprint density at radius 2 is 2.04 bits per heavy atom. The second-order valence-corrected chi connectivity index (χ2v) is 8.16. The standard InChI is InChI=1S/C15H16Cl3N3O2/c1-9-4-3-5-11(19-9)21-7-6-10(12(21)22)20(2)13(23)14(16)8-15(14,17)18/h3-5,10H,6-8H2,1-2H3. The van der Waals surface area contributed by atoms with Gasteiger partial charge in [0.1, 0.15) is 16.2 Å². The lowest BCUT2D eigenvalue weighted by Crippen LogP contribution is -2.47. The zero-order valence-corrected chi connectivity index (χ0v) is 15.0. The van der Waals surface area contributed by atoms with Crippen molar-refractivity contribution >= 4 is 52.4 Å². The summed E-state index contributed by atoms with van der Waals surface area (Å²) in [5, 5.41) is 0. The number of alkyl halides is 3. The molecule has 3 rings (SSSR count). The van der Waals surface area contributed by atoms with E-state index in [1.807, 2.05) is 19.1 Å². The number of pyridine rings is 1. The van der Waals surface area contributed by atoms with Crippen molar-refractivity contribution < 1.29 is 9.59 Å². The lowest BCUT2D eigenvalue weighted by molar-refractivity contribution is -0.137. The summed E-state index contributed by atoms with van der Waals surface area (Å²) in [6.45, 7) is 2.36. The number of carbonyl (C=O) groups is 2. The average Bonchev–Trinajstić information content (AvgIpc) is 2.81. The predicted octanol–water partition coefficient (Wildman–Crippen LogP) is 2.51. The van der Waals surface area contributed by atoms with E-state index < -0.39 is 21.2 Å². The molecule has 2 unspecified atom stereocenters. The largest absolute Gasteiger partial charge is 0.332 e. The molecule has 1 aromatic rings. The Hall–Kier alpha value is -1.04. The minimum atomic E-state index is -1.33. The molecule has 1 aromatic heterocycles. The molecule has 1 saturated carbocycles. The number of rotatable bonds is 3. The molecular formula is C15H16Cl3N3O2. The maximum atomic E-state index is 12.7. The number of likely N-dealkylation sites (N-methyl/N-ethyl adjacent to an activating group) is 1. The number of hydrogen-bond donors (Lipinski definition) is 0. The molecule has 2 fully saturated rings. The Balaban J connectivity index is 1.76. The summed E-state index contributed by atoms with van der Waals surface area (Å²) in [5.41, 5.74) is 0.829. The van der Waals surface area contributed by atoms with Gasteiger partial charge in [0.25, 0.3) is 5.91 Å². The van der Waals surface area contributed by atoms with Gasteiger partial charge in [0.05, 0.1) is 0 Å². The van der Waals surface area contributed by atoms with Crippen LogP contribution in [0.5, 0.6) is 0 Å². The SMILES string of the molecule is Cc1cccc(N2CCC(N(C)C(=O)C3(Cl)CC3(Cl)Cl)C2=O)n1. The minimum absolute atomic E-state index is 0.172. The number of aryl methyl sites for hydroxylation is 1. The van der Waals surface area contributed by atoms with Gasteiger partial charge in [-0.25, -0.2) is 4.98 Å². The van der Waals surface area contributed by atoms with E-state index in [2.05, 4.69) is 4.98 Å². The Morgan fingerprint density at radius 3 is 2.61 bits per heavy atom. The molecule has 0 bridgehead atoms. The van der Waals surface area contributed by atoms with Gasteiger partial charge in [-0.3, -0.25) is 14.5 Å². The molecule has 0 spiro atoms. The van der Waals surface area contributed by atoms with Crippen molar-refractivity contribution in [3.63, 3.8) is 0 Å². The van der Waals surface area contributed by atoms with Gasteiger partial charge in [-0.2, -0.15) is 0 Å². The third kappa shape index (κ3) is 2.69. The Morgan fingerprint density at radius 1 is 1.39 bits per heavy atom. The fourth-order valence-electron chi connectivity index (χ4n) is 2.85. The van der Waals surface area contributed by atoms with E-state index in [9.17, 15) is 9.59 Å². The monoisotopic (exact) mass is 375 g/mol. The fraction of sp³-hybridized carbons (Fsp3) is 0.533. The lowest BCUT2D eigenvalue weighted by atomic mass is 10.2. The van der Waals surface area contributed by atoms with Crippen LogP contribution in [-0.4, -0.2) is 50.5 Å². The quantitative estimate of drug-likeness (QED) is 0.762. The molecule has 2 amide bonds. The molecule has 124 valence electrons. The molecule has 1 saturated heterocycles. The van der Waals surface area contributed by atoms with Crippen LogP contribution in [0.1, 0.15) is 18.5 Å². The Labute approximate surface area is 149 Å². The molecule has 0 radical (unpaired) electrons. The first-order valence-electron chi connectivity index (χ1n) is 7.26. The molecule has 0 N–H and O–H groups in total. The highest BCUT2D eigenvalue weighted by Gasteiger charge is 2.72. The van der Waals surface area contributed by atoms with Crippen molar-refractivity contribution in [1.82, 2.24) is 9.88 Å². The highest BCUT2D eigenvalue weighted by Crippen LogP contribution is 2.62. The van der Waals surface area contributed by atoms with Gasteiger partial charge in [-0.1, -0.05) is 29.3 Å². The molecule has 2 heterocycles. The van der Waals surface area contributed by atoms with Crippen molar-refractivity contribution in [3.05, 3.63) is 23.9 Å². The summed E-state index contributed by atoms with van der Waals surface area (Å²) in [7, 11) is 1.56. The zero-order chi connectivity index (χ0) is 17.0. The fourth-order valence-corrected chi connectivity index (χ4v) is 3.88. The first-order chi connectivity index (χ1) is 10.7. The topological polar surface area (TPSA) is 53.5 Å². The number of anilines is 1. The van der Waals surface area contributed by atoms with E-state index in [4.69, 9.17) is 34.8 Å². The third-order valence-corrected chi connectivity index (χ3v) is 6.10. The van der Waals surface area contributed by atoms with Gasteiger partial charge in [-0.15, -0.1) is 11.6 Å². The molecule has 1 aliphatic carbocycles. The molecule has 5 nitrogen and oxygen atoms in total. The van der Waals surface area contributed by atoms with Crippen molar-refractivity contribution in [2.24, 2.45) is 0 Å². The number of carbonyl (C=O) groups excluding carboxylic acids is 2. The number of amides is 2. The van der Waals surface area contributed by atoms with Crippen LogP contribution in [0.4, 0.5) is 5.82 Å². The first kappa shape index (κ1) is 16.8. The Bertz CT molecular complexity index is 682. The van der Waals surface area contributed by atoms with Gasteiger partial charge in [0, 0.05) is 25.7 Å². The summed E-state index contributed by atoms with van der Waals surface area (Å²) < 4.78 is -1.26. The van der Waals surface area contributed by atoms with Crippen LogP contribution in [0.2, 0.25) is 0 Å². The van der Waals surface area contributed by atoms with Crippen molar-refractivity contribution in [1.29, 1.82) is 0 Å². The summed E-state index contributed by atoms with van der Waals surface area (Å²) in [5.74, 6) is 0.00516. The van der Waals surface area contributed by atoms with E-state index in [1.165, 1.54) is 4.90 Å². The maximum Gasteiger partial charge on any atom is 0.251 e. The molecule has 0 aromatic carbocycles. The van der Waals surface area contributed by atoms with Gasteiger partial charge in [0.15, 0.2) is 4.87 Å². The van der Waals surface area contributed by atoms with Crippen molar-refractivity contribution in [2.75, 3.05) is 18.5 Å². The van der Waals surface area contributed by atoms with Crippen LogP contribution < -0.4 is 4.90 Å².